The van der Waals surface area contributed by atoms with Gasteiger partial charge in [-0.1, -0.05) is 0 Å². The van der Waals surface area contributed by atoms with Crippen LogP contribution in [0.1, 0.15) is 0 Å². The molecule has 0 aliphatic rings. The molecule has 18 heavy (non-hydrogen) atoms. The van der Waals surface area contributed by atoms with E-state index in [0.29, 0.717) is 17.1 Å². The van der Waals surface area contributed by atoms with Crippen LogP contribution in [0, 0.1) is 0 Å². The van der Waals surface area contributed by atoms with Crippen LogP contribution in [-0.2, 0) is 17.1 Å². The van der Waals surface area contributed by atoms with Gasteiger partial charge in [-0.05, 0) is 6.07 Å². The average molecular weight is 269 g/mol. The van der Waals surface area contributed by atoms with Gasteiger partial charge < -0.3 is 4.74 Å². The van der Waals surface area contributed by atoms with Crippen LogP contribution in [-0.4, -0.2) is 35.3 Å². The van der Waals surface area contributed by atoms with Gasteiger partial charge in [0.1, 0.15) is 5.75 Å². The van der Waals surface area contributed by atoms with E-state index in [1.165, 1.54) is 24.9 Å². The van der Waals surface area contributed by atoms with Crippen molar-refractivity contribution in [1.82, 2.24) is 19.7 Å². The number of hydrogen-bond acceptors (Lipinski definition) is 6. The van der Waals surface area contributed by atoms with E-state index in [-0.39, 0.29) is 5.16 Å². The topological polar surface area (TPSA) is 113 Å². The molecule has 0 saturated carbocycles. The van der Waals surface area contributed by atoms with Gasteiger partial charge in [-0.3, -0.25) is 9.55 Å². The summed E-state index contributed by atoms with van der Waals surface area (Å²) in [4.78, 5) is 3.90. The van der Waals surface area contributed by atoms with Crippen LogP contribution in [0.5, 0.6) is 5.75 Å². The third-order valence-electron chi connectivity index (χ3n) is 2.33. The van der Waals surface area contributed by atoms with Crippen molar-refractivity contribution in [3.8, 4) is 17.1 Å². The third-order valence-corrected chi connectivity index (χ3v) is 3.20. The van der Waals surface area contributed by atoms with Crippen LogP contribution < -0.4 is 9.88 Å². The summed E-state index contributed by atoms with van der Waals surface area (Å²) in [6, 6.07) is 1.65. The molecule has 9 heteroatoms. The molecule has 0 unspecified atom stereocenters. The van der Waals surface area contributed by atoms with E-state index in [1.54, 1.807) is 12.3 Å². The molecule has 2 aromatic rings. The first-order valence-corrected chi connectivity index (χ1v) is 6.40. The molecule has 0 saturated heterocycles. The first-order valence-electron chi connectivity index (χ1n) is 4.85. The molecule has 0 atom stereocenters. The van der Waals surface area contributed by atoms with Crippen LogP contribution in [0.4, 0.5) is 0 Å². The van der Waals surface area contributed by atoms with Gasteiger partial charge in [-0.25, -0.2) is 13.6 Å². The van der Waals surface area contributed by atoms with Gasteiger partial charge in [0, 0.05) is 13.2 Å². The Morgan fingerprint density at radius 2 is 2.11 bits per heavy atom. The van der Waals surface area contributed by atoms with Gasteiger partial charge in [0.25, 0.3) is 15.2 Å². The molecule has 0 amide bonds. The summed E-state index contributed by atoms with van der Waals surface area (Å²) in [5, 5.41) is 12.1. The number of pyridine rings is 1. The molecule has 0 bridgehead atoms. The second-order valence-electron chi connectivity index (χ2n) is 3.49. The summed E-state index contributed by atoms with van der Waals surface area (Å²) < 4.78 is 28.9. The molecule has 2 aromatic heterocycles. The predicted octanol–water partition coefficient (Wildman–Crippen LogP) is -0.467. The lowest BCUT2D eigenvalue weighted by atomic mass is 10.2. The molecule has 0 aromatic carbocycles. The van der Waals surface area contributed by atoms with Gasteiger partial charge in [-0.15, -0.1) is 10.2 Å². The standard InChI is InChI=1S/C9H11N5O3S/c1-14-8(12-13-9(14)18(10,15)16)6-3-4-11-5-7(6)17-2/h3-5H,1-2H3,(H2,10,15,16). The maximum Gasteiger partial charge on any atom is 0.273 e. The average Bonchev–Trinajstić information content (AvgIpc) is 2.70. The van der Waals surface area contributed by atoms with E-state index in [0.717, 1.165) is 0 Å². The van der Waals surface area contributed by atoms with Crippen molar-refractivity contribution in [3.63, 3.8) is 0 Å². The van der Waals surface area contributed by atoms with Gasteiger partial charge >= 0.3 is 0 Å². The number of aromatic nitrogens is 4. The zero-order chi connectivity index (χ0) is 13.3. The van der Waals surface area contributed by atoms with Gasteiger partial charge in [-0.2, -0.15) is 0 Å². The number of rotatable bonds is 3. The van der Waals surface area contributed by atoms with Gasteiger partial charge in [0.05, 0.1) is 18.9 Å². The molecular weight excluding hydrogens is 258 g/mol. The summed E-state index contributed by atoms with van der Waals surface area (Å²) in [5.41, 5.74) is 0.581. The summed E-state index contributed by atoms with van der Waals surface area (Å²) in [5.74, 6) is 0.798. The van der Waals surface area contributed by atoms with Crippen LogP contribution in [0.2, 0.25) is 0 Å². The Hall–Kier alpha value is -2.00. The number of nitrogens with zero attached hydrogens (tertiary/aromatic N) is 4. The molecule has 0 spiro atoms. The minimum absolute atomic E-state index is 0.309. The lowest BCUT2D eigenvalue weighted by Crippen LogP contribution is -2.17. The summed E-state index contributed by atoms with van der Waals surface area (Å²) in [7, 11) is -0.915. The number of sulfonamides is 1. The van der Waals surface area contributed by atoms with Crippen molar-refractivity contribution in [3.05, 3.63) is 18.5 Å². The van der Waals surface area contributed by atoms with E-state index < -0.39 is 10.0 Å². The zero-order valence-electron chi connectivity index (χ0n) is 9.73. The molecule has 2 rings (SSSR count). The van der Waals surface area contributed by atoms with E-state index in [2.05, 4.69) is 15.2 Å². The number of ether oxygens (including phenoxy) is 1. The molecule has 0 fully saturated rings. The molecule has 0 aliphatic carbocycles. The Labute approximate surface area is 103 Å². The predicted molar refractivity (Wildman–Crippen MR) is 62.2 cm³/mol. The Bertz CT molecular complexity index is 679. The smallest absolute Gasteiger partial charge is 0.273 e. The minimum atomic E-state index is -3.91. The van der Waals surface area contributed by atoms with E-state index in [4.69, 9.17) is 9.88 Å². The van der Waals surface area contributed by atoms with Crippen molar-refractivity contribution in [1.29, 1.82) is 0 Å². The van der Waals surface area contributed by atoms with E-state index in [1.807, 2.05) is 0 Å². The Kier molecular flexibility index (Phi) is 3.01. The molecule has 2 heterocycles. The fraction of sp³-hybridized carbons (Fsp3) is 0.222. The monoisotopic (exact) mass is 269 g/mol. The van der Waals surface area contributed by atoms with Crippen LogP contribution in [0.25, 0.3) is 11.4 Å². The molecule has 0 radical (unpaired) electrons. The fourth-order valence-corrected chi connectivity index (χ4v) is 2.15. The third kappa shape index (κ3) is 2.05. The number of primary sulfonamides is 1. The Balaban J connectivity index is 2.63. The Morgan fingerprint density at radius 3 is 2.67 bits per heavy atom. The highest BCUT2D eigenvalue weighted by Crippen LogP contribution is 2.27. The summed E-state index contributed by atoms with van der Waals surface area (Å²) in [6.45, 7) is 0. The first-order chi connectivity index (χ1) is 8.45. The summed E-state index contributed by atoms with van der Waals surface area (Å²) >= 11 is 0. The lowest BCUT2D eigenvalue weighted by molar-refractivity contribution is 0.414. The number of methoxy groups -OCH3 is 1. The van der Waals surface area contributed by atoms with Crippen LogP contribution in [0.15, 0.2) is 23.6 Å². The molecule has 2 N–H and O–H groups in total. The minimum Gasteiger partial charge on any atom is -0.494 e. The van der Waals surface area contributed by atoms with Crippen molar-refractivity contribution >= 4 is 10.0 Å². The number of hydrogen-bond donors (Lipinski definition) is 1. The van der Waals surface area contributed by atoms with Crippen molar-refractivity contribution in [2.24, 2.45) is 12.2 Å². The summed E-state index contributed by atoms with van der Waals surface area (Å²) in [6.07, 6.45) is 3.05. The molecular formula is C9H11N5O3S. The normalized spacial score (nSPS) is 11.5. The second-order valence-corrected chi connectivity index (χ2v) is 4.94. The van der Waals surface area contributed by atoms with E-state index >= 15 is 0 Å². The first kappa shape index (κ1) is 12.5. The highest BCUT2D eigenvalue weighted by molar-refractivity contribution is 7.89. The quantitative estimate of drug-likeness (QED) is 0.806. The zero-order valence-corrected chi connectivity index (χ0v) is 10.5. The largest absolute Gasteiger partial charge is 0.494 e. The maximum absolute atomic E-state index is 11.3. The van der Waals surface area contributed by atoms with Crippen molar-refractivity contribution < 1.29 is 13.2 Å². The Morgan fingerprint density at radius 1 is 1.39 bits per heavy atom. The van der Waals surface area contributed by atoms with Gasteiger partial charge in [0.2, 0.25) is 0 Å². The molecule has 8 nitrogen and oxygen atoms in total. The molecule has 0 aliphatic heterocycles. The SMILES string of the molecule is COc1cnccc1-c1nnc(S(N)(=O)=O)n1C. The van der Waals surface area contributed by atoms with E-state index in [9.17, 15) is 8.42 Å². The van der Waals surface area contributed by atoms with Crippen molar-refractivity contribution in [2.45, 2.75) is 5.16 Å². The number of nitrogens with two attached hydrogens (primary N) is 1. The molecule has 96 valence electrons. The lowest BCUT2D eigenvalue weighted by Gasteiger charge is -2.06. The van der Waals surface area contributed by atoms with Crippen LogP contribution >= 0.6 is 0 Å². The highest BCUT2D eigenvalue weighted by atomic mass is 32.2. The van der Waals surface area contributed by atoms with Crippen molar-refractivity contribution in [2.75, 3.05) is 7.11 Å². The maximum atomic E-state index is 11.3. The highest BCUT2D eigenvalue weighted by Gasteiger charge is 2.21. The van der Waals surface area contributed by atoms with Crippen LogP contribution in [0.3, 0.4) is 0 Å². The van der Waals surface area contributed by atoms with Gasteiger partial charge in [0.15, 0.2) is 5.82 Å². The fourth-order valence-electron chi connectivity index (χ4n) is 1.52. The second kappa shape index (κ2) is 4.35.